The SMILES string of the molecule is COc1ccccc1N(CN1C(=O)[C@@H]2[C@@H]3C=C[C@H]([C@@H]4C[C@H]34)[C@@H]2C1=O)C(=O)c1ccc(Cl)c(Cl)c1. The molecule has 8 heteroatoms. The second kappa shape index (κ2) is 7.85. The molecule has 6 nitrogen and oxygen atoms in total. The lowest BCUT2D eigenvalue weighted by molar-refractivity contribution is -0.140. The van der Waals surface area contributed by atoms with Gasteiger partial charge >= 0.3 is 0 Å². The highest BCUT2D eigenvalue weighted by molar-refractivity contribution is 6.42. The van der Waals surface area contributed by atoms with Gasteiger partial charge in [-0.05, 0) is 60.4 Å². The zero-order valence-electron chi connectivity index (χ0n) is 18.4. The second-order valence-electron chi connectivity index (χ2n) is 9.43. The second-order valence-corrected chi connectivity index (χ2v) is 10.2. The Kier molecular flexibility index (Phi) is 5.01. The molecule has 1 heterocycles. The van der Waals surface area contributed by atoms with E-state index in [9.17, 15) is 14.4 Å². The number of methoxy groups -OCH3 is 1. The van der Waals surface area contributed by atoms with E-state index in [-0.39, 0.29) is 47.2 Å². The van der Waals surface area contributed by atoms with Gasteiger partial charge < -0.3 is 4.74 Å². The topological polar surface area (TPSA) is 66.9 Å². The minimum absolute atomic E-state index is 0.118. The Morgan fingerprint density at radius 3 is 2.26 bits per heavy atom. The highest BCUT2D eigenvalue weighted by Crippen LogP contribution is 2.65. The minimum Gasteiger partial charge on any atom is -0.495 e. The van der Waals surface area contributed by atoms with Crippen molar-refractivity contribution in [1.82, 2.24) is 4.90 Å². The Hall–Kier alpha value is -2.83. The fourth-order valence-corrected chi connectivity index (χ4v) is 6.49. The fourth-order valence-electron chi connectivity index (χ4n) is 6.19. The van der Waals surface area contributed by atoms with Crippen LogP contribution in [0.2, 0.25) is 10.0 Å². The molecule has 0 spiro atoms. The number of anilines is 1. The van der Waals surface area contributed by atoms with Crippen molar-refractivity contribution in [2.24, 2.45) is 35.5 Å². The van der Waals surface area contributed by atoms with E-state index in [4.69, 9.17) is 27.9 Å². The van der Waals surface area contributed by atoms with Crippen LogP contribution in [0.25, 0.3) is 0 Å². The summed E-state index contributed by atoms with van der Waals surface area (Å²) in [6.45, 7) is -0.196. The number of rotatable bonds is 5. The Bertz CT molecular complexity index is 1230. The summed E-state index contributed by atoms with van der Waals surface area (Å²) < 4.78 is 5.49. The van der Waals surface area contributed by atoms with Gasteiger partial charge in [0.15, 0.2) is 0 Å². The number of amides is 3. The monoisotopic (exact) mass is 496 g/mol. The third kappa shape index (κ3) is 3.12. The molecule has 1 aliphatic heterocycles. The maximum Gasteiger partial charge on any atom is 0.259 e. The zero-order chi connectivity index (χ0) is 23.7. The first-order valence-electron chi connectivity index (χ1n) is 11.3. The molecule has 1 saturated heterocycles. The molecule has 7 rings (SSSR count). The van der Waals surface area contributed by atoms with Crippen LogP contribution < -0.4 is 9.64 Å². The van der Waals surface area contributed by atoms with E-state index < -0.39 is 5.91 Å². The first-order valence-corrected chi connectivity index (χ1v) is 12.1. The van der Waals surface area contributed by atoms with E-state index in [0.717, 1.165) is 6.42 Å². The molecule has 5 aliphatic rings. The highest BCUT2D eigenvalue weighted by atomic mass is 35.5. The molecular weight excluding hydrogens is 475 g/mol. The van der Waals surface area contributed by atoms with E-state index in [1.165, 1.54) is 23.0 Å². The first-order chi connectivity index (χ1) is 16.4. The predicted molar refractivity (Wildman–Crippen MR) is 128 cm³/mol. The summed E-state index contributed by atoms with van der Waals surface area (Å²) in [7, 11) is 1.51. The molecule has 0 N–H and O–H groups in total. The van der Waals surface area contributed by atoms with Gasteiger partial charge in [-0.1, -0.05) is 47.5 Å². The number of carbonyl (C=O) groups excluding carboxylic acids is 3. The van der Waals surface area contributed by atoms with Crippen molar-refractivity contribution in [1.29, 1.82) is 0 Å². The average Bonchev–Trinajstić information content (AvgIpc) is 3.64. The number of imide groups is 1. The van der Waals surface area contributed by atoms with Gasteiger partial charge in [-0.3, -0.25) is 24.2 Å². The molecule has 6 atom stereocenters. The Morgan fingerprint density at radius 1 is 1.00 bits per heavy atom. The van der Waals surface area contributed by atoms with Crippen molar-refractivity contribution in [3.8, 4) is 5.75 Å². The van der Waals surface area contributed by atoms with E-state index in [2.05, 4.69) is 12.2 Å². The molecule has 2 saturated carbocycles. The van der Waals surface area contributed by atoms with Crippen LogP contribution in [0, 0.1) is 35.5 Å². The normalized spacial score (nSPS) is 30.3. The summed E-state index contributed by atoms with van der Waals surface area (Å²) in [4.78, 5) is 43.5. The van der Waals surface area contributed by atoms with Crippen molar-refractivity contribution in [3.05, 3.63) is 70.2 Å². The molecule has 174 valence electrons. The van der Waals surface area contributed by atoms with Gasteiger partial charge in [0, 0.05) is 5.56 Å². The molecule has 3 amide bonds. The smallest absolute Gasteiger partial charge is 0.259 e. The Balaban J connectivity index is 1.37. The largest absolute Gasteiger partial charge is 0.495 e. The lowest BCUT2D eigenvalue weighted by atomic mass is 9.63. The number of allylic oxidation sites excluding steroid dienone is 2. The Morgan fingerprint density at radius 2 is 1.65 bits per heavy atom. The molecule has 0 unspecified atom stereocenters. The van der Waals surface area contributed by atoms with Gasteiger partial charge in [0.05, 0.1) is 34.7 Å². The predicted octanol–water partition coefficient (Wildman–Crippen LogP) is 4.66. The first kappa shape index (κ1) is 21.7. The number of hydrogen-bond donors (Lipinski definition) is 0. The summed E-state index contributed by atoms with van der Waals surface area (Å²) in [6.07, 6.45) is 5.36. The van der Waals surface area contributed by atoms with Crippen LogP contribution in [0.4, 0.5) is 5.69 Å². The van der Waals surface area contributed by atoms with Crippen LogP contribution in [-0.2, 0) is 9.59 Å². The number of halogens is 2. The van der Waals surface area contributed by atoms with Gasteiger partial charge in [-0.25, -0.2) is 0 Å². The van der Waals surface area contributed by atoms with Crippen LogP contribution in [0.3, 0.4) is 0 Å². The number of carbonyl (C=O) groups is 3. The summed E-state index contributed by atoms with van der Waals surface area (Å²) >= 11 is 12.2. The molecule has 0 radical (unpaired) electrons. The lowest BCUT2D eigenvalue weighted by Gasteiger charge is -2.37. The quantitative estimate of drug-likeness (QED) is 0.445. The summed E-state index contributed by atoms with van der Waals surface area (Å²) in [5.74, 6) is 0.253. The molecule has 0 aromatic heterocycles. The van der Waals surface area contributed by atoms with Crippen LogP contribution in [0.15, 0.2) is 54.6 Å². The molecule has 4 aliphatic carbocycles. The number of nitrogens with zero attached hydrogens (tertiary/aromatic N) is 2. The van der Waals surface area contributed by atoms with Gasteiger partial charge in [0.1, 0.15) is 12.4 Å². The molecule has 2 aromatic carbocycles. The van der Waals surface area contributed by atoms with Crippen LogP contribution in [0.1, 0.15) is 16.8 Å². The van der Waals surface area contributed by atoms with E-state index in [1.54, 1.807) is 36.4 Å². The number of hydrogen-bond acceptors (Lipinski definition) is 4. The highest BCUT2D eigenvalue weighted by Gasteiger charge is 2.67. The van der Waals surface area contributed by atoms with Gasteiger partial charge in [0.2, 0.25) is 11.8 Å². The minimum atomic E-state index is -0.414. The molecule has 2 bridgehead atoms. The number of benzene rings is 2. The fraction of sp³-hybridized carbons (Fsp3) is 0.346. The van der Waals surface area contributed by atoms with Crippen LogP contribution >= 0.6 is 23.2 Å². The van der Waals surface area contributed by atoms with Crippen molar-refractivity contribution in [3.63, 3.8) is 0 Å². The maximum absolute atomic E-state index is 13.7. The number of likely N-dealkylation sites (tertiary alicyclic amines) is 1. The van der Waals surface area contributed by atoms with E-state index in [0.29, 0.717) is 33.9 Å². The van der Waals surface area contributed by atoms with E-state index in [1.807, 2.05) is 0 Å². The van der Waals surface area contributed by atoms with Crippen molar-refractivity contribution >= 4 is 46.6 Å². The van der Waals surface area contributed by atoms with Crippen LogP contribution in [0.5, 0.6) is 5.75 Å². The van der Waals surface area contributed by atoms with E-state index >= 15 is 0 Å². The molecule has 2 aromatic rings. The summed E-state index contributed by atoms with van der Waals surface area (Å²) in [5, 5.41) is 0.575. The molecular formula is C26H22Cl2N2O4. The maximum atomic E-state index is 13.7. The van der Waals surface area contributed by atoms with Crippen LogP contribution in [-0.4, -0.2) is 36.4 Å². The molecule has 3 fully saturated rings. The van der Waals surface area contributed by atoms with Crippen molar-refractivity contribution in [2.75, 3.05) is 18.7 Å². The van der Waals surface area contributed by atoms with Gasteiger partial charge in [0.25, 0.3) is 5.91 Å². The number of ether oxygens (including phenoxy) is 1. The van der Waals surface area contributed by atoms with Gasteiger partial charge in [-0.2, -0.15) is 0 Å². The lowest BCUT2D eigenvalue weighted by Crippen LogP contribution is -2.45. The molecule has 34 heavy (non-hydrogen) atoms. The summed E-state index contributed by atoms with van der Waals surface area (Å²) in [6, 6.07) is 11.6. The van der Waals surface area contributed by atoms with Crippen molar-refractivity contribution in [2.45, 2.75) is 6.42 Å². The van der Waals surface area contributed by atoms with Crippen molar-refractivity contribution < 1.29 is 19.1 Å². The summed E-state index contributed by atoms with van der Waals surface area (Å²) in [5.41, 5.74) is 0.750. The van der Waals surface area contributed by atoms with Gasteiger partial charge in [-0.15, -0.1) is 0 Å². The third-order valence-corrected chi connectivity index (χ3v) is 8.56. The Labute approximate surface area is 207 Å². The number of para-hydroxylation sites is 2. The zero-order valence-corrected chi connectivity index (χ0v) is 19.9. The standard InChI is InChI=1S/C26H22Cl2N2O4/c1-34-21-5-3-2-4-20(21)29(24(31)13-6-9-18(27)19(28)10-13)12-30-25(32)22-14-7-8-15(17-11-16(14)17)23(22)26(30)33/h2-10,14-17,22-23H,11-12H2,1H3/t14-,15-,16-,17+,22-,23+/m1/s1. The third-order valence-electron chi connectivity index (χ3n) is 7.82. The average molecular weight is 497 g/mol.